The number of amides is 1. The van der Waals surface area contributed by atoms with Crippen LogP contribution in [0, 0.1) is 5.92 Å². The predicted octanol–water partition coefficient (Wildman–Crippen LogP) is 2.91. The zero-order valence-electron chi connectivity index (χ0n) is 11.9. The van der Waals surface area contributed by atoms with Crippen LogP contribution in [0.2, 0.25) is 0 Å². The Morgan fingerprint density at radius 3 is 2.45 bits per heavy atom. The molecule has 1 amide bonds. The van der Waals surface area contributed by atoms with Crippen LogP contribution >= 0.6 is 0 Å². The highest BCUT2D eigenvalue weighted by atomic mass is 19.4. The summed E-state index contributed by atoms with van der Waals surface area (Å²) in [6.07, 6.45) is 0.773. The molecule has 0 aliphatic heterocycles. The number of carbonyl (C=O) groups excluding carboxylic acids is 1. The van der Waals surface area contributed by atoms with Gasteiger partial charge in [-0.1, -0.05) is 42.5 Å². The standard InChI is InChI=1S/C16H18F3NO2/c17-16(18,19)15(22,13-9-5-2-6-10-13)11-20-14(21)12-7-3-1-4-8-12/h1-3,5-6,9-10,12,22H,4,7-8,11H2,(H,20,21)/t12-,15+/m0/s1. The quantitative estimate of drug-likeness (QED) is 0.840. The summed E-state index contributed by atoms with van der Waals surface area (Å²) in [5.41, 5.74) is -3.37. The molecule has 0 saturated carbocycles. The number of alkyl halides is 3. The Morgan fingerprint density at radius 2 is 1.91 bits per heavy atom. The lowest BCUT2D eigenvalue weighted by atomic mass is 9.91. The molecule has 120 valence electrons. The van der Waals surface area contributed by atoms with Gasteiger partial charge in [0.1, 0.15) is 0 Å². The van der Waals surface area contributed by atoms with E-state index in [0.29, 0.717) is 12.8 Å². The summed E-state index contributed by atoms with van der Waals surface area (Å²) in [6, 6.07) is 6.79. The van der Waals surface area contributed by atoms with Crippen LogP contribution in [0.25, 0.3) is 0 Å². The van der Waals surface area contributed by atoms with Crippen LogP contribution < -0.4 is 5.32 Å². The topological polar surface area (TPSA) is 49.3 Å². The third-order valence-electron chi connectivity index (χ3n) is 3.88. The minimum atomic E-state index is -4.88. The van der Waals surface area contributed by atoms with Crippen molar-refractivity contribution < 1.29 is 23.1 Å². The average Bonchev–Trinajstić information content (AvgIpc) is 2.53. The Balaban J connectivity index is 2.11. The lowest BCUT2D eigenvalue weighted by Crippen LogP contribution is -2.51. The molecule has 2 N–H and O–H groups in total. The van der Waals surface area contributed by atoms with E-state index in [4.69, 9.17) is 0 Å². The van der Waals surface area contributed by atoms with Gasteiger partial charge in [0.25, 0.3) is 0 Å². The van der Waals surface area contributed by atoms with Gasteiger partial charge < -0.3 is 10.4 Å². The van der Waals surface area contributed by atoms with Crippen LogP contribution in [0.4, 0.5) is 13.2 Å². The van der Waals surface area contributed by atoms with Crippen LogP contribution in [0.3, 0.4) is 0 Å². The van der Waals surface area contributed by atoms with Crippen molar-refractivity contribution in [3.63, 3.8) is 0 Å². The van der Waals surface area contributed by atoms with Crippen LogP contribution in [0.15, 0.2) is 42.5 Å². The second kappa shape index (κ2) is 6.52. The minimum absolute atomic E-state index is 0.286. The summed E-state index contributed by atoms with van der Waals surface area (Å²) in [5, 5.41) is 12.4. The van der Waals surface area contributed by atoms with Crippen LogP contribution in [-0.2, 0) is 10.4 Å². The maximum Gasteiger partial charge on any atom is 0.423 e. The van der Waals surface area contributed by atoms with Gasteiger partial charge in [-0.25, -0.2) is 0 Å². The predicted molar refractivity (Wildman–Crippen MR) is 75.9 cm³/mol. The van der Waals surface area contributed by atoms with Gasteiger partial charge in [0.05, 0.1) is 6.54 Å². The van der Waals surface area contributed by atoms with Gasteiger partial charge in [-0.2, -0.15) is 13.2 Å². The maximum absolute atomic E-state index is 13.3. The summed E-state index contributed by atoms with van der Waals surface area (Å²) >= 11 is 0. The van der Waals surface area contributed by atoms with Crippen molar-refractivity contribution in [2.75, 3.05) is 6.54 Å². The van der Waals surface area contributed by atoms with Gasteiger partial charge in [0, 0.05) is 5.92 Å². The molecular formula is C16H18F3NO2. The molecular weight excluding hydrogens is 295 g/mol. The molecule has 1 aliphatic carbocycles. The van der Waals surface area contributed by atoms with Crippen molar-refractivity contribution in [2.24, 2.45) is 5.92 Å². The van der Waals surface area contributed by atoms with E-state index in [-0.39, 0.29) is 11.5 Å². The molecule has 6 heteroatoms. The molecule has 22 heavy (non-hydrogen) atoms. The molecule has 1 aromatic carbocycles. The molecule has 0 aromatic heterocycles. The zero-order chi connectivity index (χ0) is 16.2. The highest BCUT2D eigenvalue weighted by Crippen LogP contribution is 2.38. The Bertz CT molecular complexity index is 542. The molecule has 0 bridgehead atoms. The fraction of sp³-hybridized carbons (Fsp3) is 0.438. The number of benzene rings is 1. The smallest absolute Gasteiger partial charge is 0.375 e. The summed E-state index contributed by atoms with van der Waals surface area (Å²) in [7, 11) is 0. The first-order valence-electron chi connectivity index (χ1n) is 7.12. The first kappa shape index (κ1) is 16.5. The van der Waals surface area contributed by atoms with E-state index in [1.54, 1.807) is 6.07 Å². The molecule has 0 heterocycles. The Kier molecular flexibility index (Phi) is 4.90. The molecule has 3 nitrogen and oxygen atoms in total. The lowest BCUT2D eigenvalue weighted by molar-refractivity contribution is -0.264. The zero-order valence-corrected chi connectivity index (χ0v) is 11.9. The fourth-order valence-electron chi connectivity index (χ4n) is 2.47. The van der Waals surface area contributed by atoms with E-state index in [2.05, 4.69) is 5.32 Å². The number of rotatable bonds is 4. The SMILES string of the molecule is O=C(NC[C@@](O)(c1ccccc1)C(F)(F)F)[C@H]1CC=CCC1. The van der Waals surface area contributed by atoms with E-state index in [1.165, 1.54) is 24.3 Å². The summed E-state index contributed by atoms with van der Waals surface area (Å²) in [6.45, 7) is -0.889. The highest BCUT2D eigenvalue weighted by molar-refractivity contribution is 5.79. The van der Waals surface area contributed by atoms with E-state index in [1.807, 2.05) is 12.2 Å². The number of hydrogen-bond acceptors (Lipinski definition) is 2. The van der Waals surface area contributed by atoms with E-state index < -0.39 is 24.2 Å². The Morgan fingerprint density at radius 1 is 1.23 bits per heavy atom. The van der Waals surface area contributed by atoms with E-state index in [0.717, 1.165) is 6.42 Å². The van der Waals surface area contributed by atoms with E-state index in [9.17, 15) is 23.1 Å². The second-order valence-corrected chi connectivity index (χ2v) is 5.42. The van der Waals surface area contributed by atoms with Gasteiger partial charge in [0.15, 0.2) is 0 Å². The second-order valence-electron chi connectivity index (χ2n) is 5.42. The third-order valence-corrected chi connectivity index (χ3v) is 3.88. The molecule has 1 aliphatic rings. The van der Waals surface area contributed by atoms with E-state index >= 15 is 0 Å². The van der Waals surface area contributed by atoms with Gasteiger partial charge in [-0.3, -0.25) is 4.79 Å². The molecule has 0 radical (unpaired) electrons. The molecule has 1 aromatic rings. The van der Waals surface area contributed by atoms with Crippen molar-refractivity contribution in [1.82, 2.24) is 5.32 Å². The number of carbonyl (C=O) groups is 1. The number of aliphatic hydroxyl groups is 1. The first-order chi connectivity index (χ1) is 10.3. The summed E-state index contributed by atoms with van der Waals surface area (Å²) in [5.74, 6) is -0.791. The van der Waals surface area contributed by atoms with Gasteiger partial charge in [-0.15, -0.1) is 0 Å². The molecule has 0 fully saturated rings. The van der Waals surface area contributed by atoms with Crippen LogP contribution in [0.1, 0.15) is 24.8 Å². The van der Waals surface area contributed by atoms with Crippen molar-refractivity contribution in [3.05, 3.63) is 48.0 Å². The largest absolute Gasteiger partial charge is 0.423 e. The van der Waals surface area contributed by atoms with Gasteiger partial charge in [0.2, 0.25) is 11.5 Å². The normalized spacial score (nSPS) is 21.2. The van der Waals surface area contributed by atoms with Gasteiger partial charge in [-0.05, 0) is 24.8 Å². The first-order valence-corrected chi connectivity index (χ1v) is 7.12. The molecule has 0 saturated heterocycles. The van der Waals surface area contributed by atoms with Crippen molar-refractivity contribution in [3.8, 4) is 0 Å². The maximum atomic E-state index is 13.3. The molecule has 0 spiro atoms. The summed E-state index contributed by atoms with van der Waals surface area (Å²) in [4.78, 5) is 12.0. The highest BCUT2D eigenvalue weighted by Gasteiger charge is 2.55. The molecule has 2 atom stereocenters. The Hall–Kier alpha value is -1.82. The number of hydrogen-bond donors (Lipinski definition) is 2. The fourth-order valence-corrected chi connectivity index (χ4v) is 2.47. The van der Waals surface area contributed by atoms with Crippen molar-refractivity contribution >= 4 is 5.91 Å². The van der Waals surface area contributed by atoms with Crippen LogP contribution in [-0.4, -0.2) is 23.7 Å². The van der Waals surface area contributed by atoms with Gasteiger partial charge >= 0.3 is 6.18 Å². The summed E-state index contributed by atoms with van der Waals surface area (Å²) < 4.78 is 39.8. The number of halogens is 3. The molecule has 2 rings (SSSR count). The Labute approximate surface area is 126 Å². The minimum Gasteiger partial charge on any atom is -0.375 e. The monoisotopic (exact) mass is 313 g/mol. The third kappa shape index (κ3) is 3.50. The van der Waals surface area contributed by atoms with Crippen LogP contribution in [0.5, 0.6) is 0 Å². The average molecular weight is 313 g/mol. The van der Waals surface area contributed by atoms with Crippen molar-refractivity contribution in [2.45, 2.75) is 31.0 Å². The number of nitrogens with one attached hydrogen (secondary N) is 1. The van der Waals surface area contributed by atoms with Crippen molar-refractivity contribution in [1.29, 1.82) is 0 Å². The molecule has 0 unspecified atom stereocenters. The lowest BCUT2D eigenvalue weighted by Gasteiger charge is -2.31. The number of allylic oxidation sites excluding steroid dienone is 2.